The molecule has 1 aromatic carbocycles. The molecule has 0 aromatic heterocycles. The fourth-order valence-corrected chi connectivity index (χ4v) is 3.95. The molecule has 6 heteroatoms. The Morgan fingerprint density at radius 3 is 2.45 bits per heavy atom. The van der Waals surface area contributed by atoms with Gasteiger partial charge in [0.15, 0.2) is 0 Å². The predicted octanol–water partition coefficient (Wildman–Crippen LogP) is 2.84. The predicted molar refractivity (Wildman–Crippen MR) is 114 cm³/mol. The molecule has 2 aliphatic rings. The van der Waals surface area contributed by atoms with Crippen LogP contribution in [0, 0.1) is 12.8 Å². The van der Waals surface area contributed by atoms with Crippen LogP contribution in [-0.2, 0) is 4.79 Å². The lowest BCUT2D eigenvalue weighted by atomic mass is 9.90. The van der Waals surface area contributed by atoms with Gasteiger partial charge in [-0.3, -0.25) is 9.59 Å². The molecule has 2 atom stereocenters. The molecule has 1 N–H and O–H groups in total. The van der Waals surface area contributed by atoms with Crippen LogP contribution >= 0.6 is 0 Å². The first-order valence-electron chi connectivity index (χ1n) is 10.7. The lowest BCUT2D eigenvalue weighted by Gasteiger charge is -2.42. The van der Waals surface area contributed by atoms with Crippen LogP contribution < -0.4 is 10.1 Å². The smallest absolute Gasteiger partial charge is 0.258 e. The monoisotopic (exact) mass is 401 g/mol. The van der Waals surface area contributed by atoms with E-state index in [0.29, 0.717) is 23.8 Å². The third kappa shape index (κ3) is 4.58. The first-order chi connectivity index (χ1) is 13.6. The number of benzene rings is 1. The van der Waals surface area contributed by atoms with E-state index in [-0.39, 0.29) is 17.9 Å². The van der Waals surface area contributed by atoms with E-state index in [2.05, 4.69) is 31.1 Å². The molecular formula is C23H35N3O3. The molecule has 0 saturated carbocycles. The zero-order valence-corrected chi connectivity index (χ0v) is 18.6. The number of ether oxygens (including phenoxy) is 1. The Labute approximate surface area is 174 Å². The SMILES string of the molecule is Cc1ccc2c(c1)C(=O)N([C@H](C)C(=O)N[C@@H](C)C(C)C)CC1(CCN(C)CC1)O2. The van der Waals surface area contributed by atoms with Gasteiger partial charge in [-0.1, -0.05) is 25.5 Å². The Kier molecular flexibility index (Phi) is 6.22. The summed E-state index contributed by atoms with van der Waals surface area (Å²) in [5.74, 6) is 0.729. The average molecular weight is 402 g/mol. The Hall–Kier alpha value is -2.08. The normalized spacial score (nSPS) is 21.3. The number of aryl methyl sites for hydroxylation is 1. The zero-order chi connectivity index (χ0) is 21.3. The lowest BCUT2D eigenvalue weighted by Crippen LogP contribution is -2.58. The molecule has 29 heavy (non-hydrogen) atoms. The highest BCUT2D eigenvalue weighted by atomic mass is 16.5. The highest BCUT2D eigenvalue weighted by molar-refractivity contribution is 6.00. The number of carbonyl (C=O) groups excluding carboxylic acids is 2. The summed E-state index contributed by atoms with van der Waals surface area (Å²) in [4.78, 5) is 30.5. The van der Waals surface area contributed by atoms with Crippen LogP contribution in [0.5, 0.6) is 5.75 Å². The van der Waals surface area contributed by atoms with Gasteiger partial charge in [-0.25, -0.2) is 0 Å². The summed E-state index contributed by atoms with van der Waals surface area (Å²) in [7, 11) is 2.10. The van der Waals surface area contributed by atoms with Crippen molar-refractivity contribution in [1.29, 1.82) is 0 Å². The van der Waals surface area contributed by atoms with Crippen molar-refractivity contribution in [1.82, 2.24) is 15.1 Å². The minimum absolute atomic E-state index is 0.0510. The highest BCUT2D eigenvalue weighted by Gasteiger charge is 2.44. The number of nitrogens with zero attached hydrogens (tertiary/aromatic N) is 2. The van der Waals surface area contributed by atoms with Gasteiger partial charge >= 0.3 is 0 Å². The van der Waals surface area contributed by atoms with Crippen LogP contribution in [0.3, 0.4) is 0 Å². The third-order valence-corrected chi connectivity index (χ3v) is 6.53. The molecule has 0 aliphatic carbocycles. The first-order valence-corrected chi connectivity index (χ1v) is 10.7. The minimum Gasteiger partial charge on any atom is -0.484 e. The second-order valence-electron chi connectivity index (χ2n) is 9.24. The Balaban J connectivity index is 1.94. The van der Waals surface area contributed by atoms with Gasteiger partial charge in [-0.15, -0.1) is 0 Å². The van der Waals surface area contributed by atoms with Crippen molar-refractivity contribution >= 4 is 11.8 Å². The van der Waals surface area contributed by atoms with Crippen molar-refractivity contribution in [2.75, 3.05) is 26.7 Å². The summed E-state index contributed by atoms with van der Waals surface area (Å²) < 4.78 is 6.52. The van der Waals surface area contributed by atoms with E-state index in [1.807, 2.05) is 39.0 Å². The maximum atomic E-state index is 13.5. The zero-order valence-electron chi connectivity index (χ0n) is 18.6. The molecule has 0 bridgehead atoms. The lowest BCUT2D eigenvalue weighted by molar-refractivity contribution is -0.127. The number of piperidine rings is 1. The summed E-state index contributed by atoms with van der Waals surface area (Å²) in [6, 6.07) is 5.24. The van der Waals surface area contributed by atoms with Crippen LogP contribution in [0.15, 0.2) is 18.2 Å². The Morgan fingerprint density at radius 1 is 1.17 bits per heavy atom. The number of hydrogen-bond acceptors (Lipinski definition) is 4. The van der Waals surface area contributed by atoms with Gasteiger partial charge in [0.25, 0.3) is 5.91 Å². The van der Waals surface area contributed by atoms with Crippen molar-refractivity contribution in [2.24, 2.45) is 5.92 Å². The maximum absolute atomic E-state index is 13.5. The van der Waals surface area contributed by atoms with E-state index >= 15 is 0 Å². The summed E-state index contributed by atoms with van der Waals surface area (Å²) in [6.45, 7) is 12.2. The molecule has 6 nitrogen and oxygen atoms in total. The molecule has 1 fully saturated rings. The first kappa shape index (κ1) is 21.6. The minimum atomic E-state index is -0.560. The van der Waals surface area contributed by atoms with Crippen LogP contribution in [0.25, 0.3) is 0 Å². The van der Waals surface area contributed by atoms with Gasteiger partial charge in [0.1, 0.15) is 17.4 Å². The summed E-state index contributed by atoms with van der Waals surface area (Å²) in [6.07, 6.45) is 1.66. The Bertz CT molecular complexity index is 769. The molecule has 2 aliphatic heterocycles. The molecule has 1 saturated heterocycles. The summed E-state index contributed by atoms with van der Waals surface area (Å²) in [5, 5.41) is 3.07. The van der Waals surface area contributed by atoms with Gasteiger partial charge < -0.3 is 19.9 Å². The summed E-state index contributed by atoms with van der Waals surface area (Å²) in [5.41, 5.74) is 1.10. The Morgan fingerprint density at radius 2 is 1.83 bits per heavy atom. The number of hydrogen-bond donors (Lipinski definition) is 1. The number of rotatable bonds is 4. The van der Waals surface area contributed by atoms with Gasteiger partial charge in [0.2, 0.25) is 5.91 Å². The molecule has 0 radical (unpaired) electrons. The number of likely N-dealkylation sites (tertiary alicyclic amines) is 1. The van der Waals surface area contributed by atoms with Crippen molar-refractivity contribution in [3.63, 3.8) is 0 Å². The number of fused-ring (bicyclic) bond motifs is 1. The molecule has 2 amide bonds. The van der Waals surface area contributed by atoms with Crippen LogP contribution in [-0.4, -0.2) is 66.0 Å². The van der Waals surface area contributed by atoms with Crippen molar-refractivity contribution < 1.29 is 14.3 Å². The van der Waals surface area contributed by atoms with Gasteiger partial charge in [0, 0.05) is 32.0 Å². The van der Waals surface area contributed by atoms with E-state index in [9.17, 15) is 9.59 Å². The largest absolute Gasteiger partial charge is 0.484 e. The molecule has 1 aromatic rings. The molecular weight excluding hydrogens is 366 g/mol. The van der Waals surface area contributed by atoms with Gasteiger partial charge in [0.05, 0.1) is 12.1 Å². The fourth-order valence-electron chi connectivity index (χ4n) is 3.95. The molecule has 0 unspecified atom stereocenters. The molecule has 2 heterocycles. The van der Waals surface area contributed by atoms with Gasteiger partial charge in [-0.05, 0) is 45.9 Å². The van der Waals surface area contributed by atoms with Gasteiger partial charge in [-0.2, -0.15) is 0 Å². The van der Waals surface area contributed by atoms with E-state index in [1.165, 1.54) is 0 Å². The molecule has 1 spiro atoms. The average Bonchev–Trinajstić information content (AvgIpc) is 2.79. The van der Waals surface area contributed by atoms with E-state index < -0.39 is 11.6 Å². The number of amides is 2. The van der Waals surface area contributed by atoms with E-state index in [0.717, 1.165) is 31.5 Å². The second kappa shape index (κ2) is 8.34. The maximum Gasteiger partial charge on any atom is 0.258 e. The quantitative estimate of drug-likeness (QED) is 0.843. The topological polar surface area (TPSA) is 61.9 Å². The van der Waals surface area contributed by atoms with Crippen LogP contribution in [0.1, 0.15) is 56.5 Å². The van der Waals surface area contributed by atoms with Crippen LogP contribution in [0.2, 0.25) is 0 Å². The number of nitrogens with one attached hydrogen (secondary N) is 1. The molecule has 3 rings (SSSR count). The number of carbonyl (C=O) groups is 2. The van der Waals surface area contributed by atoms with E-state index in [4.69, 9.17) is 4.74 Å². The summed E-state index contributed by atoms with van der Waals surface area (Å²) >= 11 is 0. The highest BCUT2D eigenvalue weighted by Crippen LogP contribution is 2.36. The van der Waals surface area contributed by atoms with Crippen molar-refractivity contribution in [3.8, 4) is 5.75 Å². The third-order valence-electron chi connectivity index (χ3n) is 6.53. The standard InChI is InChI=1S/C23H35N3O3/c1-15(2)17(4)24-21(27)18(5)26-14-23(9-11-25(6)12-10-23)29-20-8-7-16(3)13-19(20)22(26)28/h7-8,13,15,17-18H,9-12,14H2,1-6H3,(H,24,27)/t17-,18+/m0/s1. The van der Waals surface area contributed by atoms with Crippen molar-refractivity contribution in [2.45, 2.75) is 65.1 Å². The second-order valence-corrected chi connectivity index (χ2v) is 9.24. The van der Waals surface area contributed by atoms with E-state index in [1.54, 1.807) is 4.90 Å². The van der Waals surface area contributed by atoms with Crippen molar-refractivity contribution in [3.05, 3.63) is 29.3 Å². The molecule has 160 valence electrons. The van der Waals surface area contributed by atoms with Crippen LogP contribution in [0.4, 0.5) is 0 Å². The fraction of sp³-hybridized carbons (Fsp3) is 0.652.